The highest BCUT2D eigenvalue weighted by Gasteiger charge is 2.14. The fourth-order valence-electron chi connectivity index (χ4n) is 2.81. The number of aldehydes is 1. The van der Waals surface area contributed by atoms with E-state index in [9.17, 15) is 14.9 Å². The smallest absolute Gasteiger partial charge is 0.311 e. The van der Waals surface area contributed by atoms with Crippen LogP contribution >= 0.6 is 0 Å². The predicted molar refractivity (Wildman–Crippen MR) is 124 cm³/mol. The number of para-hydroxylation sites is 2. The maximum atomic E-state index is 11.1. The predicted octanol–water partition coefficient (Wildman–Crippen LogP) is 4.84. The van der Waals surface area contributed by atoms with Gasteiger partial charge >= 0.3 is 5.69 Å². The van der Waals surface area contributed by atoms with Crippen molar-refractivity contribution in [3.63, 3.8) is 0 Å². The number of nitrogens with zero attached hydrogens (tertiary/aromatic N) is 5. The number of hydrogen-bond acceptors (Lipinski definition) is 8. The number of nitro benzene ring substituents is 1. The Hall–Kier alpha value is -4.60. The molecule has 0 bridgehead atoms. The third-order valence-electron chi connectivity index (χ3n) is 4.37. The average molecular weight is 461 g/mol. The van der Waals surface area contributed by atoms with Crippen LogP contribution in [0, 0.1) is 10.1 Å². The van der Waals surface area contributed by atoms with Crippen molar-refractivity contribution >= 4 is 12.0 Å². The minimum Gasteiger partial charge on any atom is -0.487 e. The highest BCUT2D eigenvalue weighted by Crippen LogP contribution is 2.31. The standard InChI is InChI=1S/C22H17N5O5.C2H6/c28-14-16-9-25-26(12-16)13-17-10-24-18(11-23-17)15-31-19-5-7-20(8-6-19)32-22-4-2-1-3-21(22)27(29)30;1-2/h1-12,14H,13,15H2;1-2H3. The summed E-state index contributed by atoms with van der Waals surface area (Å²) < 4.78 is 12.9. The van der Waals surface area contributed by atoms with Crippen molar-refractivity contribution in [2.75, 3.05) is 0 Å². The van der Waals surface area contributed by atoms with Gasteiger partial charge < -0.3 is 9.47 Å². The molecule has 0 amide bonds. The Morgan fingerprint density at radius 2 is 1.65 bits per heavy atom. The number of nitro groups is 1. The fraction of sp³-hybridized carbons (Fsp3) is 0.167. The monoisotopic (exact) mass is 461 g/mol. The molecule has 174 valence electrons. The van der Waals surface area contributed by atoms with Crippen LogP contribution in [0.5, 0.6) is 17.2 Å². The van der Waals surface area contributed by atoms with Gasteiger partial charge in [0, 0.05) is 12.3 Å². The quantitative estimate of drug-likeness (QED) is 0.197. The summed E-state index contributed by atoms with van der Waals surface area (Å²) in [5.41, 5.74) is 1.74. The van der Waals surface area contributed by atoms with Crippen molar-refractivity contribution in [2.24, 2.45) is 0 Å². The number of ether oxygens (including phenoxy) is 2. The lowest BCUT2D eigenvalue weighted by atomic mass is 10.3. The lowest BCUT2D eigenvalue weighted by molar-refractivity contribution is -0.385. The van der Waals surface area contributed by atoms with E-state index < -0.39 is 4.92 Å². The van der Waals surface area contributed by atoms with Gasteiger partial charge in [0.15, 0.2) is 6.29 Å². The van der Waals surface area contributed by atoms with Gasteiger partial charge in [-0.15, -0.1) is 0 Å². The first-order chi connectivity index (χ1) is 16.6. The van der Waals surface area contributed by atoms with Crippen LogP contribution < -0.4 is 9.47 Å². The summed E-state index contributed by atoms with van der Waals surface area (Å²) in [6.45, 7) is 4.62. The molecule has 0 saturated heterocycles. The van der Waals surface area contributed by atoms with Crippen molar-refractivity contribution in [1.29, 1.82) is 0 Å². The molecule has 0 radical (unpaired) electrons. The van der Waals surface area contributed by atoms with Gasteiger partial charge in [0.2, 0.25) is 5.75 Å². The molecule has 0 N–H and O–H groups in total. The normalized spacial score (nSPS) is 10.1. The molecule has 0 atom stereocenters. The maximum Gasteiger partial charge on any atom is 0.311 e. The minimum atomic E-state index is -0.489. The number of carbonyl (C=O) groups excluding carboxylic acids is 1. The Labute approximate surface area is 196 Å². The zero-order chi connectivity index (χ0) is 24.3. The van der Waals surface area contributed by atoms with Crippen molar-refractivity contribution in [3.8, 4) is 17.2 Å². The minimum absolute atomic E-state index is 0.105. The Morgan fingerprint density at radius 3 is 2.29 bits per heavy atom. The molecule has 2 aromatic carbocycles. The first kappa shape index (κ1) is 24.1. The molecule has 2 aromatic heterocycles. The highest BCUT2D eigenvalue weighted by atomic mass is 16.6. The van der Waals surface area contributed by atoms with Gasteiger partial charge in [0.05, 0.1) is 47.0 Å². The molecule has 10 nitrogen and oxygen atoms in total. The number of rotatable bonds is 9. The fourth-order valence-corrected chi connectivity index (χ4v) is 2.81. The molecule has 0 unspecified atom stereocenters. The van der Waals surface area contributed by atoms with E-state index in [-0.39, 0.29) is 18.0 Å². The van der Waals surface area contributed by atoms with E-state index in [0.717, 1.165) is 6.29 Å². The Kier molecular flexibility index (Phi) is 8.39. The van der Waals surface area contributed by atoms with E-state index >= 15 is 0 Å². The zero-order valence-corrected chi connectivity index (χ0v) is 18.7. The third kappa shape index (κ3) is 6.45. The molecule has 0 spiro atoms. The molecule has 0 aliphatic carbocycles. The lowest BCUT2D eigenvalue weighted by Crippen LogP contribution is -2.05. The summed E-state index contributed by atoms with van der Waals surface area (Å²) in [6, 6.07) is 12.9. The first-order valence-corrected chi connectivity index (χ1v) is 10.5. The van der Waals surface area contributed by atoms with Gasteiger partial charge in [-0.2, -0.15) is 5.10 Å². The van der Waals surface area contributed by atoms with Crippen molar-refractivity contribution in [1.82, 2.24) is 19.7 Å². The van der Waals surface area contributed by atoms with Crippen LogP contribution in [0.4, 0.5) is 5.69 Å². The largest absolute Gasteiger partial charge is 0.487 e. The summed E-state index contributed by atoms with van der Waals surface area (Å²) in [5.74, 6) is 1.20. The van der Waals surface area contributed by atoms with Crippen LogP contribution in [0.2, 0.25) is 0 Å². The molecule has 0 aliphatic heterocycles. The van der Waals surface area contributed by atoms with Crippen molar-refractivity contribution in [2.45, 2.75) is 27.0 Å². The Bertz CT molecular complexity index is 1220. The van der Waals surface area contributed by atoms with Crippen LogP contribution in [0.15, 0.2) is 73.3 Å². The van der Waals surface area contributed by atoms with Crippen LogP contribution in [-0.4, -0.2) is 31.0 Å². The summed E-state index contributed by atoms with van der Waals surface area (Å²) in [6.07, 6.45) is 7.10. The van der Waals surface area contributed by atoms with Gasteiger partial charge in [-0.1, -0.05) is 26.0 Å². The maximum absolute atomic E-state index is 11.1. The van der Waals surface area contributed by atoms with Gasteiger partial charge in [0.1, 0.15) is 18.1 Å². The van der Waals surface area contributed by atoms with E-state index in [1.54, 1.807) is 65.7 Å². The van der Waals surface area contributed by atoms with Gasteiger partial charge in [0.25, 0.3) is 0 Å². The molecule has 4 rings (SSSR count). The van der Waals surface area contributed by atoms with E-state index in [0.29, 0.717) is 35.0 Å². The second-order valence-corrected chi connectivity index (χ2v) is 6.68. The van der Waals surface area contributed by atoms with Crippen LogP contribution in [0.3, 0.4) is 0 Å². The van der Waals surface area contributed by atoms with E-state index in [2.05, 4.69) is 15.1 Å². The number of carbonyl (C=O) groups is 1. The first-order valence-electron chi connectivity index (χ1n) is 10.5. The van der Waals surface area contributed by atoms with Gasteiger partial charge in [-0.25, -0.2) is 0 Å². The van der Waals surface area contributed by atoms with Crippen LogP contribution in [-0.2, 0) is 13.2 Å². The van der Waals surface area contributed by atoms with Gasteiger partial charge in [-0.05, 0) is 30.3 Å². The van der Waals surface area contributed by atoms with E-state index in [1.165, 1.54) is 12.3 Å². The van der Waals surface area contributed by atoms with E-state index in [1.807, 2.05) is 13.8 Å². The molecule has 10 heteroatoms. The van der Waals surface area contributed by atoms with Crippen LogP contribution in [0.1, 0.15) is 35.6 Å². The Balaban J connectivity index is 0.00000158. The van der Waals surface area contributed by atoms with Crippen LogP contribution in [0.25, 0.3) is 0 Å². The summed E-state index contributed by atoms with van der Waals surface area (Å²) in [7, 11) is 0. The number of aromatic nitrogens is 4. The zero-order valence-electron chi connectivity index (χ0n) is 18.7. The second kappa shape index (κ2) is 11.9. The lowest BCUT2D eigenvalue weighted by Gasteiger charge is -2.09. The van der Waals surface area contributed by atoms with E-state index in [4.69, 9.17) is 9.47 Å². The summed E-state index contributed by atoms with van der Waals surface area (Å²) in [4.78, 5) is 30.0. The van der Waals surface area contributed by atoms with Crippen molar-refractivity contribution < 1.29 is 19.2 Å². The molecular weight excluding hydrogens is 438 g/mol. The molecular formula is C24H23N5O5. The van der Waals surface area contributed by atoms with Gasteiger partial charge in [-0.3, -0.25) is 29.6 Å². The molecule has 0 fully saturated rings. The molecule has 0 saturated carbocycles. The molecule has 34 heavy (non-hydrogen) atoms. The number of benzene rings is 2. The van der Waals surface area contributed by atoms with Crippen molar-refractivity contribution in [3.05, 3.63) is 100 Å². The third-order valence-corrected chi connectivity index (χ3v) is 4.37. The Morgan fingerprint density at radius 1 is 0.971 bits per heavy atom. The highest BCUT2D eigenvalue weighted by molar-refractivity contribution is 5.73. The SMILES string of the molecule is CC.O=Cc1cnn(Cc2cnc(COc3ccc(Oc4ccccc4[N+](=O)[O-])cc3)cn2)c1. The molecule has 0 aliphatic rings. The molecule has 2 heterocycles. The average Bonchev–Trinajstić information content (AvgIpc) is 3.33. The second-order valence-electron chi connectivity index (χ2n) is 6.68. The summed E-state index contributed by atoms with van der Waals surface area (Å²) in [5, 5.41) is 15.2. The topological polar surface area (TPSA) is 122 Å². The number of hydrogen-bond donors (Lipinski definition) is 0. The molecule has 4 aromatic rings. The summed E-state index contributed by atoms with van der Waals surface area (Å²) >= 11 is 0.